The number of halogens is 3. The second kappa shape index (κ2) is 8.71. The minimum Gasteiger partial charge on any atom is -0.497 e. The Morgan fingerprint density at radius 2 is 1.84 bits per heavy atom. The van der Waals surface area contributed by atoms with Crippen LogP contribution >= 0.6 is 0 Å². The first-order valence-corrected chi connectivity index (χ1v) is 7.94. The first kappa shape index (κ1) is 19.1. The highest BCUT2D eigenvalue weighted by molar-refractivity contribution is 5.27. The van der Waals surface area contributed by atoms with Crippen LogP contribution < -0.4 is 14.8 Å². The van der Waals surface area contributed by atoms with E-state index in [0.29, 0.717) is 18.7 Å². The molecule has 2 rings (SSSR count). The molecule has 0 radical (unpaired) electrons. The van der Waals surface area contributed by atoms with Gasteiger partial charge in [0, 0.05) is 30.8 Å². The van der Waals surface area contributed by atoms with Gasteiger partial charge in [0.15, 0.2) is 0 Å². The maximum absolute atomic E-state index is 12.2. The number of hydrogen-bond acceptors (Lipinski definition) is 4. The summed E-state index contributed by atoms with van der Waals surface area (Å²) in [5.74, 6) is 0.382. The summed E-state index contributed by atoms with van der Waals surface area (Å²) in [6.45, 7) is 2.67. The van der Waals surface area contributed by atoms with Gasteiger partial charge in [0.25, 0.3) is 0 Å². The summed E-state index contributed by atoms with van der Waals surface area (Å²) in [5.41, 5.74) is 1.73. The molecule has 0 saturated heterocycles. The van der Waals surface area contributed by atoms with Crippen LogP contribution in [0.25, 0.3) is 0 Å². The molecule has 0 amide bonds. The van der Waals surface area contributed by atoms with Gasteiger partial charge in [-0.2, -0.15) is 0 Å². The van der Waals surface area contributed by atoms with Crippen LogP contribution in [0, 0.1) is 0 Å². The summed E-state index contributed by atoms with van der Waals surface area (Å²) in [4.78, 5) is 3.86. The zero-order chi connectivity index (χ0) is 18.3. The zero-order valence-corrected chi connectivity index (χ0v) is 14.1. The fraction of sp³-hybridized carbons (Fsp3) is 0.389. The second-order valence-electron chi connectivity index (χ2n) is 5.67. The van der Waals surface area contributed by atoms with Crippen LogP contribution in [0.15, 0.2) is 42.5 Å². The lowest BCUT2D eigenvalue weighted by Gasteiger charge is -2.14. The predicted octanol–water partition coefficient (Wildman–Crippen LogP) is 3.75. The molecule has 1 atom stereocenters. The Hall–Kier alpha value is -2.28. The van der Waals surface area contributed by atoms with Gasteiger partial charge in [-0.05, 0) is 37.1 Å². The van der Waals surface area contributed by atoms with Gasteiger partial charge in [0.05, 0.1) is 7.11 Å². The minimum atomic E-state index is -4.73. The fourth-order valence-electron chi connectivity index (χ4n) is 2.41. The summed E-state index contributed by atoms with van der Waals surface area (Å²) >= 11 is 0. The maximum atomic E-state index is 12.2. The molecule has 1 N–H and O–H groups in total. The van der Waals surface area contributed by atoms with Crippen molar-refractivity contribution in [2.75, 3.05) is 13.7 Å². The molecule has 0 aliphatic carbocycles. The molecule has 136 valence electrons. The largest absolute Gasteiger partial charge is 0.574 e. The van der Waals surface area contributed by atoms with Gasteiger partial charge >= 0.3 is 6.36 Å². The molecule has 0 fully saturated rings. The number of benzene rings is 1. The van der Waals surface area contributed by atoms with Crippen molar-refractivity contribution in [1.29, 1.82) is 0 Å². The van der Waals surface area contributed by atoms with Crippen molar-refractivity contribution in [3.05, 3.63) is 53.7 Å². The van der Waals surface area contributed by atoms with Crippen molar-refractivity contribution in [2.24, 2.45) is 0 Å². The number of hydrogen-bond donors (Lipinski definition) is 1. The lowest BCUT2D eigenvalue weighted by atomic mass is 10.1. The van der Waals surface area contributed by atoms with Crippen LogP contribution in [0.5, 0.6) is 11.6 Å². The first-order chi connectivity index (χ1) is 11.9. The van der Waals surface area contributed by atoms with E-state index in [0.717, 1.165) is 12.2 Å². The normalized spacial score (nSPS) is 12.7. The fourth-order valence-corrected chi connectivity index (χ4v) is 2.41. The molecule has 7 heteroatoms. The average Bonchev–Trinajstić information content (AvgIpc) is 2.54. The number of ether oxygens (including phenoxy) is 2. The molecule has 0 unspecified atom stereocenters. The Labute approximate surface area is 145 Å². The standard InChI is InChI=1S/C18H21F3N2O2/c1-13(12-14-6-8-16(24-2)9-7-14)22-11-10-15-4-3-5-17(23-15)25-18(19,20)21/h3-9,13,22H,10-12H2,1-2H3/t13-/m1/s1. The lowest BCUT2D eigenvalue weighted by molar-refractivity contribution is -0.276. The number of alkyl halides is 3. The molecule has 0 spiro atoms. The van der Waals surface area contributed by atoms with Gasteiger partial charge in [-0.15, -0.1) is 13.2 Å². The van der Waals surface area contributed by atoms with Crippen molar-refractivity contribution >= 4 is 0 Å². The molecule has 1 aromatic heterocycles. The van der Waals surface area contributed by atoms with Crippen LogP contribution in [0.3, 0.4) is 0 Å². The molecule has 0 aliphatic rings. The summed E-state index contributed by atoms with van der Waals surface area (Å²) in [5, 5.41) is 3.34. The monoisotopic (exact) mass is 354 g/mol. The van der Waals surface area contributed by atoms with E-state index >= 15 is 0 Å². The van der Waals surface area contributed by atoms with Gasteiger partial charge < -0.3 is 14.8 Å². The van der Waals surface area contributed by atoms with E-state index < -0.39 is 12.2 Å². The predicted molar refractivity (Wildman–Crippen MR) is 88.8 cm³/mol. The Balaban J connectivity index is 1.78. The van der Waals surface area contributed by atoms with E-state index in [9.17, 15) is 13.2 Å². The quantitative estimate of drug-likeness (QED) is 0.784. The van der Waals surface area contributed by atoms with Crippen LogP contribution in [0.4, 0.5) is 13.2 Å². The molecular weight excluding hydrogens is 333 g/mol. The number of nitrogens with zero attached hydrogens (tertiary/aromatic N) is 1. The van der Waals surface area contributed by atoms with E-state index in [4.69, 9.17) is 4.74 Å². The first-order valence-electron chi connectivity index (χ1n) is 7.94. The zero-order valence-electron chi connectivity index (χ0n) is 14.1. The molecule has 0 saturated carbocycles. The average molecular weight is 354 g/mol. The third kappa shape index (κ3) is 7.01. The van der Waals surface area contributed by atoms with E-state index in [1.165, 1.54) is 17.7 Å². The topological polar surface area (TPSA) is 43.4 Å². The van der Waals surface area contributed by atoms with Gasteiger partial charge in [-0.3, -0.25) is 0 Å². The Morgan fingerprint density at radius 3 is 2.48 bits per heavy atom. The van der Waals surface area contributed by atoms with E-state index in [1.54, 1.807) is 13.2 Å². The van der Waals surface area contributed by atoms with Gasteiger partial charge in [-0.25, -0.2) is 4.98 Å². The van der Waals surface area contributed by atoms with Crippen molar-refractivity contribution in [2.45, 2.75) is 32.2 Å². The third-order valence-electron chi connectivity index (χ3n) is 3.58. The Kier molecular flexibility index (Phi) is 6.64. The number of nitrogens with one attached hydrogen (secondary N) is 1. The van der Waals surface area contributed by atoms with Crippen molar-refractivity contribution < 1.29 is 22.6 Å². The number of aromatic nitrogens is 1. The smallest absolute Gasteiger partial charge is 0.497 e. The Bertz CT molecular complexity index is 660. The number of rotatable bonds is 8. The van der Waals surface area contributed by atoms with Gasteiger partial charge in [0.2, 0.25) is 5.88 Å². The van der Waals surface area contributed by atoms with Crippen molar-refractivity contribution in [3.63, 3.8) is 0 Å². The van der Waals surface area contributed by atoms with E-state index in [1.807, 2.05) is 24.3 Å². The van der Waals surface area contributed by atoms with Crippen LogP contribution in [0.1, 0.15) is 18.2 Å². The van der Waals surface area contributed by atoms with E-state index in [2.05, 4.69) is 22.0 Å². The molecule has 2 aromatic rings. The van der Waals surface area contributed by atoms with Crippen LogP contribution in [-0.4, -0.2) is 31.0 Å². The molecular formula is C18H21F3N2O2. The molecule has 1 heterocycles. The highest BCUT2D eigenvalue weighted by atomic mass is 19.4. The number of pyridine rings is 1. The molecule has 4 nitrogen and oxygen atoms in total. The van der Waals surface area contributed by atoms with E-state index in [-0.39, 0.29) is 6.04 Å². The summed E-state index contributed by atoms with van der Waals surface area (Å²) < 4.78 is 45.6. The van der Waals surface area contributed by atoms with Gasteiger partial charge in [-0.1, -0.05) is 18.2 Å². The SMILES string of the molecule is COc1ccc(C[C@@H](C)NCCc2cccc(OC(F)(F)F)n2)cc1. The van der Waals surface area contributed by atoms with Crippen LogP contribution in [-0.2, 0) is 12.8 Å². The molecule has 0 bridgehead atoms. The van der Waals surface area contributed by atoms with Gasteiger partial charge in [0.1, 0.15) is 5.75 Å². The summed E-state index contributed by atoms with van der Waals surface area (Å²) in [6.07, 6.45) is -3.37. The lowest BCUT2D eigenvalue weighted by Crippen LogP contribution is -2.30. The highest BCUT2D eigenvalue weighted by Crippen LogP contribution is 2.20. The minimum absolute atomic E-state index is 0.225. The third-order valence-corrected chi connectivity index (χ3v) is 3.58. The highest BCUT2D eigenvalue weighted by Gasteiger charge is 2.31. The maximum Gasteiger partial charge on any atom is 0.574 e. The molecule has 1 aromatic carbocycles. The van der Waals surface area contributed by atoms with Crippen molar-refractivity contribution in [3.8, 4) is 11.6 Å². The summed E-state index contributed by atoms with van der Waals surface area (Å²) in [6, 6.07) is 12.5. The number of methoxy groups -OCH3 is 1. The summed E-state index contributed by atoms with van der Waals surface area (Å²) in [7, 11) is 1.63. The second-order valence-corrected chi connectivity index (χ2v) is 5.67. The van der Waals surface area contributed by atoms with Crippen molar-refractivity contribution in [1.82, 2.24) is 10.3 Å². The Morgan fingerprint density at radius 1 is 1.12 bits per heavy atom. The van der Waals surface area contributed by atoms with Crippen LogP contribution in [0.2, 0.25) is 0 Å². The molecule has 0 aliphatic heterocycles. The molecule has 25 heavy (non-hydrogen) atoms.